The van der Waals surface area contributed by atoms with Crippen LogP contribution in [0.5, 0.6) is 0 Å². The van der Waals surface area contributed by atoms with Crippen LogP contribution in [0.4, 0.5) is 0 Å². The van der Waals surface area contributed by atoms with Crippen LogP contribution in [0.15, 0.2) is 29.3 Å². The third-order valence-corrected chi connectivity index (χ3v) is 10.3. The van der Waals surface area contributed by atoms with Gasteiger partial charge in [-0.2, -0.15) is 4.99 Å². The van der Waals surface area contributed by atoms with E-state index >= 15 is 0 Å². The van der Waals surface area contributed by atoms with Gasteiger partial charge in [-0.1, -0.05) is 48.0 Å². The Balaban J connectivity index is 1.42. The number of hydrogen-bond acceptors (Lipinski definition) is 4. The van der Waals surface area contributed by atoms with Crippen LogP contribution in [-0.2, 0) is 21.1 Å². The number of sulfone groups is 1. The van der Waals surface area contributed by atoms with Gasteiger partial charge in [0.15, 0.2) is 15.0 Å². The standard InChI is InChI=1S/C20H23ClN2O3S2/c21-15-4-2-1-3-13(15)9-19(24)22-20-23(16-8-12-5-6-14(16)7-12)17-10-28(25,26)11-18(17)27-20/h1-4,12,14,16-18H,5-11H2/t12-,14-,16+,17+,18+/m0/s1. The van der Waals surface area contributed by atoms with E-state index in [4.69, 9.17) is 11.6 Å². The van der Waals surface area contributed by atoms with Crippen LogP contribution >= 0.6 is 23.4 Å². The summed E-state index contributed by atoms with van der Waals surface area (Å²) in [6, 6.07) is 7.62. The van der Waals surface area contributed by atoms with E-state index in [-0.39, 0.29) is 35.1 Å². The van der Waals surface area contributed by atoms with E-state index in [1.54, 1.807) is 6.07 Å². The summed E-state index contributed by atoms with van der Waals surface area (Å²) in [7, 11) is -3.01. The van der Waals surface area contributed by atoms with Crippen LogP contribution < -0.4 is 0 Å². The summed E-state index contributed by atoms with van der Waals surface area (Å²) >= 11 is 7.68. The summed E-state index contributed by atoms with van der Waals surface area (Å²) in [4.78, 5) is 19.4. The van der Waals surface area contributed by atoms with Gasteiger partial charge in [-0.3, -0.25) is 4.79 Å². The normalized spacial score (nSPS) is 37.0. The number of rotatable bonds is 3. The molecule has 1 amide bonds. The van der Waals surface area contributed by atoms with Crippen molar-refractivity contribution in [1.82, 2.24) is 4.90 Å². The quantitative estimate of drug-likeness (QED) is 0.725. The fraction of sp³-hybridized carbons (Fsp3) is 0.600. The molecule has 0 radical (unpaired) electrons. The Kier molecular flexibility index (Phi) is 4.75. The maximum atomic E-state index is 12.7. The average Bonchev–Trinajstić information content (AvgIpc) is 3.36. The minimum Gasteiger partial charge on any atom is -0.343 e. The predicted molar refractivity (Wildman–Crippen MR) is 112 cm³/mol. The molecule has 2 heterocycles. The lowest BCUT2D eigenvalue weighted by Gasteiger charge is -2.36. The van der Waals surface area contributed by atoms with Crippen molar-refractivity contribution in [1.29, 1.82) is 0 Å². The van der Waals surface area contributed by atoms with Crippen LogP contribution in [-0.4, -0.2) is 53.2 Å². The zero-order valence-corrected chi connectivity index (χ0v) is 17.8. The third-order valence-electron chi connectivity index (χ3n) is 6.68. The molecule has 1 aromatic rings. The molecule has 0 spiro atoms. The summed E-state index contributed by atoms with van der Waals surface area (Å²) in [5.74, 6) is 1.52. The second-order valence-electron chi connectivity index (χ2n) is 8.51. The van der Waals surface area contributed by atoms with Crippen molar-refractivity contribution in [3.63, 3.8) is 0 Å². The summed E-state index contributed by atoms with van der Waals surface area (Å²) in [6.45, 7) is 0. The smallest absolute Gasteiger partial charge is 0.252 e. The molecular formula is C20H23ClN2O3S2. The first kappa shape index (κ1) is 18.9. The van der Waals surface area contributed by atoms with Crippen molar-refractivity contribution in [2.75, 3.05) is 11.5 Å². The molecule has 5 nitrogen and oxygen atoms in total. The summed E-state index contributed by atoms with van der Waals surface area (Å²) in [5, 5.41) is 1.30. The molecule has 0 aromatic heterocycles. The Morgan fingerprint density at radius 2 is 2.00 bits per heavy atom. The summed E-state index contributed by atoms with van der Waals surface area (Å²) in [6.07, 6.45) is 5.00. The van der Waals surface area contributed by atoms with Crippen LogP contribution in [0.25, 0.3) is 0 Å². The first-order valence-electron chi connectivity index (χ1n) is 9.90. The predicted octanol–water partition coefficient (Wildman–Crippen LogP) is 3.17. The second-order valence-corrected chi connectivity index (χ2v) is 12.3. The molecular weight excluding hydrogens is 416 g/mol. The van der Waals surface area contributed by atoms with Crippen molar-refractivity contribution in [3.05, 3.63) is 34.9 Å². The number of carbonyl (C=O) groups excluding carboxylic acids is 1. The van der Waals surface area contributed by atoms with Crippen LogP contribution in [0.3, 0.4) is 0 Å². The van der Waals surface area contributed by atoms with E-state index in [1.807, 2.05) is 18.2 Å². The molecule has 150 valence electrons. The number of fused-ring (bicyclic) bond motifs is 3. The molecule has 0 unspecified atom stereocenters. The number of amides is 1. The highest BCUT2D eigenvalue weighted by Gasteiger charge is 2.54. The summed E-state index contributed by atoms with van der Waals surface area (Å²) in [5.41, 5.74) is 0.774. The van der Waals surface area contributed by atoms with Crippen molar-refractivity contribution in [2.24, 2.45) is 16.8 Å². The van der Waals surface area contributed by atoms with Gasteiger partial charge in [0.05, 0.1) is 24.0 Å². The minimum absolute atomic E-state index is 0.00371. The molecule has 5 atom stereocenters. The van der Waals surface area contributed by atoms with E-state index in [0.29, 0.717) is 17.0 Å². The molecule has 4 aliphatic rings. The zero-order valence-electron chi connectivity index (χ0n) is 15.5. The van der Waals surface area contributed by atoms with E-state index in [9.17, 15) is 13.2 Å². The van der Waals surface area contributed by atoms with Crippen LogP contribution in [0, 0.1) is 11.8 Å². The van der Waals surface area contributed by atoms with Crippen molar-refractivity contribution in [3.8, 4) is 0 Å². The largest absolute Gasteiger partial charge is 0.343 e. The van der Waals surface area contributed by atoms with Crippen molar-refractivity contribution in [2.45, 2.75) is 49.4 Å². The van der Waals surface area contributed by atoms with Gasteiger partial charge in [0.25, 0.3) is 5.91 Å². The fourth-order valence-corrected chi connectivity index (χ4v) is 9.67. The third kappa shape index (κ3) is 3.39. The monoisotopic (exact) mass is 438 g/mol. The molecule has 2 saturated carbocycles. The molecule has 0 N–H and O–H groups in total. The van der Waals surface area contributed by atoms with Gasteiger partial charge in [-0.25, -0.2) is 8.42 Å². The molecule has 5 rings (SSSR count). The first-order chi connectivity index (χ1) is 13.4. The Labute approximate surface area is 174 Å². The number of nitrogens with zero attached hydrogens (tertiary/aromatic N) is 2. The van der Waals surface area contributed by atoms with Crippen LogP contribution in [0.1, 0.15) is 31.2 Å². The van der Waals surface area contributed by atoms with Gasteiger partial charge >= 0.3 is 0 Å². The number of amidine groups is 1. The highest BCUT2D eigenvalue weighted by molar-refractivity contribution is 8.15. The fourth-order valence-electron chi connectivity index (χ4n) is 5.48. The van der Waals surface area contributed by atoms with Gasteiger partial charge in [-0.05, 0) is 42.7 Å². The maximum Gasteiger partial charge on any atom is 0.252 e. The van der Waals surface area contributed by atoms with Crippen molar-refractivity contribution < 1.29 is 13.2 Å². The number of thioether (sulfide) groups is 1. The lowest BCUT2D eigenvalue weighted by molar-refractivity contribution is -0.117. The van der Waals surface area contributed by atoms with Gasteiger partial charge in [-0.15, -0.1) is 0 Å². The summed E-state index contributed by atoms with van der Waals surface area (Å²) < 4.78 is 24.4. The topological polar surface area (TPSA) is 66.8 Å². The van der Waals surface area contributed by atoms with Crippen molar-refractivity contribution >= 4 is 44.3 Å². The zero-order chi connectivity index (χ0) is 19.5. The lowest BCUT2D eigenvalue weighted by atomic mass is 9.93. The van der Waals surface area contributed by atoms with Gasteiger partial charge in [0, 0.05) is 16.3 Å². The van der Waals surface area contributed by atoms with Gasteiger partial charge in [0.2, 0.25) is 0 Å². The number of hydrogen-bond donors (Lipinski definition) is 0. The molecule has 4 fully saturated rings. The number of benzene rings is 1. The number of halogens is 1. The van der Waals surface area contributed by atoms with Gasteiger partial charge < -0.3 is 4.90 Å². The minimum atomic E-state index is -3.01. The average molecular weight is 439 g/mol. The molecule has 2 bridgehead atoms. The SMILES string of the molecule is O=C(Cc1ccccc1Cl)N=C1S[C@@H]2CS(=O)(=O)C[C@H]2N1[C@@H]1C[C@H]2CC[C@H]1C2. The molecule has 2 aliphatic heterocycles. The van der Waals surface area contributed by atoms with E-state index < -0.39 is 9.84 Å². The molecule has 2 aliphatic carbocycles. The van der Waals surface area contributed by atoms with Crippen LogP contribution in [0.2, 0.25) is 5.02 Å². The Hall–Kier alpha value is -1.05. The Bertz CT molecular complexity index is 949. The highest BCUT2D eigenvalue weighted by atomic mass is 35.5. The Morgan fingerprint density at radius 3 is 2.71 bits per heavy atom. The molecule has 8 heteroatoms. The lowest BCUT2D eigenvalue weighted by Crippen LogP contribution is -2.47. The van der Waals surface area contributed by atoms with Gasteiger partial charge in [0.1, 0.15) is 0 Å². The number of aliphatic imine (C=N–C) groups is 1. The molecule has 2 saturated heterocycles. The molecule has 28 heavy (non-hydrogen) atoms. The maximum absolute atomic E-state index is 12.7. The van der Waals surface area contributed by atoms with E-state index in [0.717, 1.165) is 23.1 Å². The number of carbonyl (C=O) groups is 1. The Morgan fingerprint density at radius 1 is 1.18 bits per heavy atom. The first-order valence-corrected chi connectivity index (χ1v) is 13.0. The highest BCUT2D eigenvalue weighted by Crippen LogP contribution is 2.51. The second kappa shape index (κ2) is 7.03. The molecule has 1 aromatic carbocycles. The van der Waals surface area contributed by atoms with E-state index in [1.165, 1.54) is 31.0 Å². The van der Waals surface area contributed by atoms with E-state index in [2.05, 4.69) is 9.89 Å².